The number of hydrogen-bond donors (Lipinski definition) is 4. The highest BCUT2D eigenvalue weighted by molar-refractivity contribution is 5.82. The number of hydrogen-bond acceptors (Lipinski definition) is 4. The first kappa shape index (κ1) is 14.5. The zero-order valence-electron chi connectivity index (χ0n) is 10.4. The molecule has 0 spiro atoms. The predicted molar refractivity (Wildman–Crippen MR) is 68.6 cm³/mol. The topological polar surface area (TPSA) is 108 Å². The summed E-state index contributed by atoms with van der Waals surface area (Å²) in [5.41, 5.74) is 5.39. The Morgan fingerprint density at radius 2 is 2.33 bits per heavy atom. The highest BCUT2D eigenvalue weighted by atomic mass is 16.4. The van der Waals surface area contributed by atoms with Gasteiger partial charge < -0.3 is 21.4 Å². The molecule has 1 fully saturated rings. The molecule has 0 aliphatic carbocycles. The minimum atomic E-state index is -0.984. The number of nitrogens with zero attached hydrogens (tertiary/aromatic N) is 1. The Kier molecular flexibility index (Phi) is 6.21. The zero-order valence-corrected chi connectivity index (χ0v) is 10.4. The molecule has 0 unspecified atom stereocenters. The lowest BCUT2D eigenvalue weighted by atomic mass is 10.1. The first-order valence-corrected chi connectivity index (χ1v) is 6.24. The molecule has 0 aromatic carbocycles. The van der Waals surface area contributed by atoms with Crippen molar-refractivity contribution in [1.29, 1.82) is 0 Å². The molecule has 0 saturated carbocycles. The summed E-state index contributed by atoms with van der Waals surface area (Å²) in [6.45, 7) is 0. The van der Waals surface area contributed by atoms with Gasteiger partial charge in [0.05, 0.1) is 0 Å². The number of amidine groups is 1. The molecular weight excluding hydrogens is 234 g/mol. The van der Waals surface area contributed by atoms with Crippen LogP contribution in [0, 0.1) is 0 Å². The van der Waals surface area contributed by atoms with Gasteiger partial charge in [-0.05, 0) is 25.7 Å². The van der Waals surface area contributed by atoms with Gasteiger partial charge in [-0.1, -0.05) is 23.7 Å². The molecule has 1 rings (SSSR count). The Balaban J connectivity index is 2.33. The lowest BCUT2D eigenvalue weighted by molar-refractivity contribution is -0.138. The highest BCUT2D eigenvalue weighted by Gasteiger charge is 2.14. The molecule has 0 aromatic rings. The summed E-state index contributed by atoms with van der Waals surface area (Å²) in [6, 6.07) is -0.589. The molecule has 5 N–H and O–H groups in total. The van der Waals surface area contributed by atoms with Gasteiger partial charge in [-0.2, -0.15) is 0 Å². The molecule has 6 heteroatoms. The normalized spacial score (nSPS) is 24.7. The lowest BCUT2D eigenvalue weighted by Gasteiger charge is -2.14. The molecule has 1 aliphatic rings. The van der Waals surface area contributed by atoms with Crippen LogP contribution in [0.25, 0.3) is 0 Å². The van der Waals surface area contributed by atoms with Crippen LogP contribution in [0.5, 0.6) is 0 Å². The van der Waals surface area contributed by atoms with Crippen LogP contribution in [0.3, 0.4) is 0 Å². The van der Waals surface area contributed by atoms with Gasteiger partial charge in [0.1, 0.15) is 11.9 Å². The number of rotatable bonds is 5. The number of nitrogens with two attached hydrogens (primary N) is 1. The van der Waals surface area contributed by atoms with E-state index in [1.807, 2.05) is 6.08 Å². The second-order valence-electron chi connectivity index (χ2n) is 4.52. The third-order valence-electron chi connectivity index (χ3n) is 3.00. The van der Waals surface area contributed by atoms with Crippen LogP contribution in [0.2, 0.25) is 0 Å². The molecule has 0 radical (unpaired) electrons. The molecule has 0 amide bonds. The summed E-state index contributed by atoms with van der Waals surface area (Å²) in [6.07, 6.45) is 8.76. The quantitative estimate of drug-likeness (QED) is 0.334. The summed E-state index contributed by atoms with van der Waals surface area (Å²) in [5, 5.41) is 23.8. The van der Waals surface area contributed by atoms with E-state index in [1.54, 1.807) is 6.08 Å². The van der Waals surface area contributed by atoms with Crippen LogP contribution in [0.1, 0.15) is 38.5 Å². The molecular formula is C12H21N3O3. The van der Waals surface area contributed by atoms with Gasteiger partial charge in [0.15, 0.2) is 0 Å². The number of nitrogens with one attached hydrogen (secondary N) is 1. The summed E-state index contributed by atoms with van der Waals surface area (Å²) >= 11 is 0. The molecule has 0 bridgehead atoms. The van der Waals surface area contributed by atoms with E-state index in [4.69, 9.17) is 16.0 Å². The van der Waals surface area contributed by atoms with Gasteiger partial charge in [-0.3, -0.25) is 4.79 Å². The predicted octanol–water partition coefficient (Wildman–Crippen LogP) is 1.05. The van der Waals surface area contributed by atoms with Crippen LogP contribution < -0.4 is 11.1 Å². The largest absolute Gasteiger partial charge is 0.480 e. The summed E-state index contributed by atoms with van der Waals surface area (Å²) in [7, 11) is 0. The SMILES string of the molecule is N[C@@H](CC=CC[C@H]1CCCCC(=NO)N1)C(=O)O. The molecule has 2 atom stereocenters. The van der Waals surface area contributed by atoms with Crippen molar-refractivity contribution < 1.29 is 15.1 Å². The van der Waals surface area contributed by atoms with Gasteiger partial charge >= 0.3 is 5.97 Å². The van der Waals surface area contributed by atoms with E-state index in [2.05, 4.69) is 10.5 Å². The Labute approximate surface area is 107 Å². The van der Waals surface area contributed by atoms with Crippen molar-refractivity contribution in [3.8, 4) is 0 Å². The maximum absolute atomic E-state index is 10.5. The van der Waals surface area contributed by atoms with Gasteiger partial charge in [-0.15, -0.1) is 0 Å². The van der Waals surface area contributed by atoms with Crippen LogP contribution in [0.15, 0.2) is 17.3 Å². The molecule has 0 aromatic heterocycles. The fourth-order valence-electron chi connectivity index (χ4n) is 1.92. The van der Waals surface area contributed by atoms with Crippen molar-refractivity contribution in [2.45, 2.75) is 50.6 Å². The number of carboxylic acid groups (broad SMARTS) is 1. The highest BCUT2D eigenvalue weighted by Crippen LogP contribution is 2.13. The Hall–Kier alpha value is -1.56. The second kappa shape index (κ2) is 7.71. The van der Waals surface area contributed by atoms with E-state index >= 15 is 0 Å². The minimum absolute atomic E-state index is 0.246. The van der Waals surface area contributed by atoms with Crippen LogP contribution in [-0.2, 0) is 4.79 Å². The number of oxime groups is 1. The van der Waals surface area contributed by atoms with Crippen molar-refractivity contribution in [2.24, 2.45) is 10.9 Å². The number of carboxylic acids is 1. The number of carbonyl (C=O) groups is 1. The fraction of sp³-hybridized carbons (Fsp3) is 0.667. The van der Waals surface area contributed by atoms with Crippen LogP contribution >= 0.6 is 0 Å². The maximum Gasteiger partial charge on any atom is 0.320 e. The summed E-state index contributed by atoms with van der Waals surface area (Å²) in [5.74, 6) is -0.352. The molecule has 6 nitrogen and oxygen atoms in total. The van der Waals surface area contributed by atoms with Crippen LogP contribution in [0.4, 0.5) is 0 Å². The van der Waals surface area contributed by atoms with E-state index in [9.17, 15) is 4.79 Å². The maximum atomic E-state index is 10.5. The first-order valence-electron chi connectivity index (χ1n) is 6.24. The average molecular weight is 255 g/mol. The lowest BCUT2D eigenvalue weighted by Crippen LogP contribution is -2.32. The fourth-order valence-corrected chi connectivity index (χ4v) is 1.92. The molecule has 1 aliphatic heterocycles. The second-order valence-corrected chi connectivity index (χ2v) is 4.52. The average Bonchev–Trinajstić information content (AvgIpc) is 2.59. The molecule has 1 saturated heterocycles. The van der Waals surface area contributed by atoms with Gasteiger partial charge in [0.25, 0.3) is 0 Å². The van der Waals surface area contributed by atoms with Gasteiger partial charge in [0.2, 0.25) is 0 Å². The monoisotopic (exact) mass is 255 g/mol. The standard InChI is InChI=1S/C12H21N3O3/c13-10(12(16)17)7-3-1-5-9-6-2-4-8-11(14-9)15-18/h1,3,9-10,18H,2,4-8,13H2,(H,14,15)(H,16,17)/t9-,10-/m0/s1. The Morgan fingerprint density at radius 3 is 3.00 bits per heavy atom. The van der Waals surface area contributed by atoms with Crippen molar-refractivity contribution in [3.05, 3.63) is 12.2 Å². The smallest absolute Gasteiger partial charge is 0.320 e. The molecule has 18 heavy (non-hydrogen) atoms. The zero-order chi connectivity index (χ0) is 13.4. The molecule has 1 heterocycles. The van der Waals surface area contributed by atoms with Crippen molar-refractivity contribution in [2.75, 3.05) is 0 Å². The summed E-state index contributed by atoms with van der Waals surface area (Å²) < 4.78 is 0. The van der Waals surface area contributed by atoms with E-state index in [-0.39, 0.29) is 6.04 Å². The third kappa shape index (κ3) is 5.18. The summed E-state index contributed by atoms with van der Waals surface area (Å²) in [4.78, 5) is 10.5. The van der Waals surface area contributed by atoms with Gasteiger partial charge in [0, 0.05) is 12.5 Å². The van der Waals surface area contributed by atoms with Crippen molar-refractivity contribution in [1.82, 2.24) is 5.32 Å². The van der Waals surface area contributed by atoms with Crippen LogP contribution in [-0.4, -0.2) is 34.2 Å². The van der Waals surface area contributed by atoms with Crippen molar-refractivity contribution >= 4 is 11.8 Å². The van der Waals surface area contributed by atoms with E-state index in [1.165, 1.54) is 0 Å². The number of aliphatic carboxylic acids is 1. The van der Waals surface area contributed by atoms with Gasteiger partial charge in [-0.25, -0.2) is 0 Å². The third-order valence-corrected chi connectivity index (χ3v) is 3.00. The van der Waals surface area contributed by atoms with E-state index < -0.39 is 12.0 Å². The van der Waals surface area contributed by atoms with Crippen molar-refractivity contribution in [3.63, 3.8) is 0 Å². The Morgan fingerprint density at radius 1 is 1.56 bits per heavy atom. The van der Waals surface area contributed by atoms with E-state index in [0.29, 0.717) is 12.3 Å². The van der Waals surface area contributed by atoms with E-state index in [0.717, 1.165) is 32.1 Å². The Bertz CT molecular complexity index is 329. The first-order chi connectivity index (χ1) is 8.63. The molecule has 102 valence electrons. The minimum Gasteiger partial charge on any atom is -0.480 e.